The van der Waals surface area contributed by atoms with Crippen LogP contribution < -0.4 is 10.2 Å². The van der Waals surface area contributed by atoms with Crippen molar-refractivity contribution in [2.75, 3.05) is 6.61 Å². The molecule has 15 atom stereocenters. The van der Waals surface area contributed by atoms with Gasteiger partial charge in [-0.05, 0) is 38.1 Å². The number of hydrogen-bond acceptors (Lipinski definition) is 20. The van der Waals surface area contributed by atoms with Gasteiger partial charge in [-0.25, -0.2) is 0 Å². The van der Waals surface area contributed by atoms with Crippen LogP contribution in [-0.2, 0) is 33.2 Å². The second-order valence-corrected chi connectivity index (χ2v) is 13.5. The molecule has 0 radical (unpaired) electrons. The van der Waals surface area contributed by atoms with Gasteiger partial charge in [-0.15, -0.1) is 0 Å². The van der Waals surface area contributed by atoms with Crippen LogP contribution in [0.4, 0.5) is 0 Å². The van der Waals surface area contributed by atoms with Gasteiger partial charge in [0.05, 0.1) is 18.8 Å². The van der Waals surface area contributed by atoms with E-state index in [1.807, 2.05) is 0 Å². The molecule has 4 heterocycles. The Kier molecular flexibility index (Phi) is 11.9. The average Bonchev–Trinajstić information content (AvgIpc) is 3.13. The van der Waals surface area contributed by atoms with Crippen LogP contribution in [0.1, 0.15) is 20.8 Å². The number of fused-ring (bicyclic) bond motifs is 1. The Morgan fingerprint density at radius 3 is 2.02 bits per heavy atom. The summed E-state index contributed by atoms with van der Waals surface area (Å²) in [5.74, 6) is -2.96. The van der Waals surface area contributed by atoms with E-state index < -0.39 is 133 Å². The fraction of sp³-hybridized carbons (Fsp3) is 0.543. The Hall–Kier alpha value is -4.16. The van der Waals surface area contributed by atoms with Crippen molar-refractivity contribution in [3.05, 3.63) is 46.6 Å². The maximum atomic E-state index is 13.8. The van der Waals surface area contributed by atoms with Gasteiger partial charge in [0.15, 0.2) is 24.4 Å². The van der Waals surface area contributed by atoms with E-state index in [1.54, 1.807) is 0 Å². The van der Waals surface area contributed by atoms with E-state index in [-0.39, 0.29) is 22.7 Å². The number of carbonyl (C=O) groups excluding carboxylic acids is 1. The zero-order chi connectivity index (χ0) is 40.0. The monoisotopic (exact) mass is 782 g/mol. The molecule has 3 aliphatic heterocycles. The minimum Gasteiger partial charge on any atom is -0.508 e. The molecule has 0 spiro atoms. The molecule has 0 saturated carbocycles. The highest BCUT2D eigenvalue weighted by Crippen LogP contribution is 2.38. The molecule has 2 aromatic carbocycles. The number of aromatic hydroxyl groups is 3. The topological polar surface area (TPSA) is 314 Å². The summed E-state index contributed by atoms with van der Waals surface area (Å²) in [6, 6.07) is 7.20. The molecular formula is C35H42O20. The van der Waals surface area contributed by atoms with Crippen LogP contribution in [0.5, 0.6) is 23.0 Å². The second-order valence-electron chi connectivity index (χ2n) is 13.5. The number of carbonyl (C=O) groups is 1. The number of phenolic OH excluding ortho intramolecular Hbond substituents is 3. The minimum atomic E-state index is -2.00. The molecule has 6 rings (SSSR count). The molecule has 302 valence electrons. The van der Waals surface area contributed by atoms with Gasteiger partial charge >= 0.3 is 5.97 Å². The van der Waals surface area contributed by atoms with E-state index in [0.717, 1.165) is 19.1 Å². The van der Waals surface area contributed by atoms with Gasteiger partial charge in [0.1, 0.15) is 83.2 Å². The third-order valence-electron chi connectivity index (χ3n) is 9.53. The normalized spacial score (nSPS) is 36.7. The molecule has 0 bridgehead atoms. The van der Waals surface area contributed by atoms with Gasteiger partial charge in [0.25, 0.3) is 0 Å². The first-order valence-corrected chi connectivity index (χ1v) is 17.1. The van der Waals surface area contributed by atoms with Gasteiger partial charge in [0.2, 0.25) is 17.5 Å². The van der Waals surface area contributed by atoms with Crippen molar-refractivity contribution in [1.29, 1.82) is 0 Å². The Morgan fingerprint density at radius 1 is 0.709 bits per heavy atom. The van der Waals surface area contributed by atoms with Crippen LogP contribution in [0.2, 0.25) is 0 Å². The third-order valence-corrected chi connectivity index (χ3v) is 9.53. The fourth-order valence-electron chi connectivity index (χ4n) is 6.55. The van der Waals surface area contributed by atoms with E-state index in [1.165, 1.54) is 38.1 Å². The lowest BCUT2D eigenvalue weighted by Crippen LogP contribution is -2.64. The molecule has 3 fully saturated rings. The zero-order valence-corrected chi connectivity index (χ0v) is 29.4. The summed E-state index contributed by atoms with van der Waals surface area (Å²) in [5, 5.41) is 105. The van der Waals surface area contributed by atoms with Crippen LogP contribution in [-0.4, -0.2) is 156 Å². The van der Waals surface area contributed by atoms with E-state index in [4.69, 9.17) is 37.6 Å². The summed E-state index contributed by atoms with van der Waals surface area (Å²) in [6.45, 7) is 3.26. The maximum Gasteiger partial charge on any atom is 0.303 e. The van der Waals surface area contributed by atoms with Crippen LogP contribution in [0.15, 0.2) is 45.6 Å². The number of phenols is 3. The summed E-state index contributed by atoms with van der Waals surface area (Å²) in [4.78, 5) is 25.7. The van der Waals surface area contributed by atoms with Crippen molar-refractivity contribution in [1.82, 2.24) is 0 Å². The van der Waals surface area contributed by atoms with Crippen molar-refractivity contribution in [3.8, 4) is 34.3 Å². The number of ether oxygens (including phenoxy) is 7. The van der Waals surface area contributed by atoms with Crippen LogP contribution in [0.3, 0.4) is 0 Å². The van der Waals surface area contributed by atoms with Gasteiger partial charge in [-0.2, -0.15) is 0 Å². The van der Waals surface area contributed by atoms with Crippen molar-refractivity contribution in [3.63, 3.8) is 0 Å². The van der Waals surface area contributed by atoms with Gasteiger partial charge in [-0.3, -0.25) is 9.59 Å². The first-order chi connectivity index (χ1) is 26.0. The summed E-state index contributed by atoms with van der Waals surface area (Å²) in [7, 11) is 0. The summed E-state index contributed by atoms with van der Waals surface area (Å²) in [5.41, 5.74) is -1.08. The lowest BCUT2D eigenvalue weighted by atomic mass is 9.97. The first kappa shape index (κ1) is 40.5. The highest BCUT2D eigenvalue weighted by atomic mass is 16.8. The molecule has 20 nitrogen and oxygen atoms in total. The maximum absolute atomic E-state index is 13.8. The lowest BCUT2D eigenvalue weighted by molar-refractivity contribution is -0.359. The standard InChI is InChI=1S/C35H42O20/c1-11-21(40)24(43)26(45)34(49-11)55-32-28(47)33(50-12(2)29(32)51-13(3)36)48-10-19-22(41)25(44)27(46)35(53-19)54-31-23(42)20-17(39)8-16(38)9-18(20)52-30(31)14-4-6-15(37)7-5-14/h4-9,11-12,19,21-22,24-29,32-35,37-41,43-47H,10H2,1-3H3/t11-,12-,19+,21-,22-,24-,25-,26+,27+,28+,29-,32+,33+,34-,35-/m0/s1. The smallest absolute Gasteiger partial charge is 0.303 e. The highest BCUT2D eigenvalue weighted by molar-refractivity contribution is 5.88. The van der Waals surface area contributed by atoms with Crippen LogP contribution in [0, 0.1) is 0 Å². The van der Waals surface area contributed by atoms with E-state index in [9.17, 15) is 60.7 Å². The molecule has 3 aliphatic rings. The molecule has 3 saturated heterocycles. The number of esters is 1. The Bertz CT molecular complexity index is 1880. The van der Waals surface area contributed by atoms with E-state index in [2.05, 4.69) is 0 Å². The largest absolute Gasteiger partial charge is 0.508 e. The number of aliphatic hydroxyl groups excluding tert-OH is 7. The summed E-state index contributed by atoms with van der Waals surface area (Å²) >= 11 is 0. The van der Waals surface area contributed by atoms with Crippen molar-refractivity contribution in [2.24, 2.45) is 0 Å². The molecule has 0 aliphatic carbocycles. The minimum absolute atomic E-state index is 0.134. The fourth-order valence-corrected chi connectivity index (χ4v) is 6.55. The van der Waals surface area contributed by atoms with Crippen LogP contribution >= 0.6 is 0 Å². The number of rotatable bonds is 9. The third kappa shape index (κ3) is 8.08. The molecule has 55 heavy (non-hydrogen) atoms. The molecular weight excluding hydrogens is 740 g/mol. The van der Waals surface area contributed by atoms with Gasteiger partial charge < -0.3 is 88.6 Å². The molecule has 0 unspecified atom stereocenters. The first-order valence-electron chi connectivity index (χ1n) is 17.1. The van der Waals surface area contributed by atoms with E-state index >= 15 is 0 Å². The Morgan fingerprint density at radius 2 is 1.35 bits per heavy atom. The lowest BCUT2D eigenvalue weighted by Gasteiger charge is -2.46. The quantitative estimate of drug-likeness (QED) is 0.105. The van der Waals surface area contributed by atoms with Gasteiger partial charge in [-0.1, -0.05) is 0 Å². The zero-order valence-electron chi connectivity index (χ0n) is 29.4. The molecule has 1 aromatic heterocycles. The second kappa shape index (κ2) is 16.1. The number of benzene rings is 2. The van der Waals surface area contributed by atoms with Crippen molar-refractivity contribution >= 4 is 16.9 Å². The van der Waals surface area contributed by atoms with E-state index in [0.29, 0.717) is 0 Å². The Labute approximate surface area is 310 Å². The number of aliphatic hydroxyl groups is 7. The molecule has 20 heteroatoms. The predicted molar refractivity (Wildman–Crippen MR) is 179 cm³/mol. The molecule has 10 N–H and O–H groups in total. The van der Waals surface area contributed by atoms with Gasteiger partial charge in [0, 0.05) is 24.6 Å². The Balaban J connectivity index is 1.24. The van der Waals surface area contributed by atoms with Crippen molar-refractivity contribution < 1.29 is 93.4 Å². The molecule has 0 amide bonds. The van der Waals surface area contributed by atoms with Crippen molar-refractivity contribution in [2.45, 2.75) is 113 Å². The summed E-state index contributed by atoms with van der Waals surface area (Å²) in [6.07, 6.45) is -24.2. The highest BCUT2D eigenvalue weighted by Gasteiger charge is 2.52. The number of hydrogen-bond donors (Lipinski definition) is 10. The SMILES string of the molecule is CC(=O)O[C@@H]1[C@H](O[C@@H]2O[C@@H](C)[C@H](O)[C@H](O)[C@H]2O)[C@@H](O)[C@H](OC[C@H]2O[C@@H](Oc3c(-c4ccc(O)cc4)oc4cc(O)cc(O)c4c3=O)[C@H](O)[C@@H](O)[C@H]2O)O[C@H]1C. The van der Waals surface area contributed by atoms with Crippen LogP contribution in [0.25, 0.3) is 22.3 Å². The predicted octanol–water partition coefficient (Wildman–Crippen LogP) is -1.97. The summed E-state index contributed by atoms with van der Waals surface area (Å²) < 4.78 is 45.5. The molecule has 3 aromatic rings. The average molecular weight is 783 g/mol.